The Hall–Kier alpha value is -0.297. The Bertz CT molecular complexity index is 1600. The van der Waals surface area contributed by atoms with Crippen LogP contribution in [0.1, 0.15) is 113 Å². The fourth-order valence-electron chi connectivity index (χ4n) is 9.68. The summed E-state index contributed by atoms with van der Waals surface area (Å²) in [6, 6.07) is 16.2. The second-order valence-electron chi connectivity index (χ2n) is 18.5. The molecule has 0 spiro atoms. The van der Waals surface area contributed by atoms with Gasteiger partial charge < -0.3 is 0 Å². The monoisotopic (exact) mass is 1250 g/mol. The van der Waals surface area contributed by atoms with Crippen LogP contribution in [0.4, 0.5) is 0 Å². The van der Waals surface area contributed by atoms with Crippen LogP contribution in [0.5, 0.6) is 0 Å². The third kappa shape index (κ3) is 15.3. The van der Waals surface area contributed by atoms with Crippen LogP contribution in [0, 0.1) is 13.8 Å². The molecule has 0 radical (unpaired) electrons. The van der Waals surface area contributed by atoms with E-state index in [-0.39, 0.29) is 11.9 Å². The Morgan fingerprint density at radius 2 is 0.815 bits per heavy atom. The van der Waals surface area contributed by atoms with Crippen molar-refractivity contribution in [2.24, 2.45) is 0 Å². The third-order valence-electron chi connectivity index (χ3n) is 13.6. The van der Waals surface area contributed by atoms with Gasteiger partial charge in [-0.1, -0.05) is 0 Å². The normalized spacial score (nSPS) is 25.0. The van der Waals surface area contributed by atoms with E-state index in [9.17, 15) is 0 Å². The van der Waals surface area contributed by atoms with E-state index >= 15 is 9.59 Å². The van der Waals surface area contributed by atoms with Crippen LogP contribution in [-0.2, 0) is 39.7 Å². The molecule has 6 heterocycles. The standard InChI is InChI=1S/2C16H23GeNO5.4C4H9.O.2Sn/c2*1-13-4-2-3-5-14(13)15(16(19)20)12-17-21-9-6-18(7-10-22-17)8-11-23-17;4*1-3-4-2;;;/h2*2-5,15H,6-12H2,1H3,(H,19,20);4*1,3-4H2,2H3;;;/q;;;;;;;2*+1/p-2. The Kier molecular flexibility index (Phi) is 22.3. The zero-order valence-electron chi connectivity index (χ0n) is 40.5. The number of aryl methyl sites for hydroxylation is 2. The molecule has 364 valence electrons. The summed E-state index contributed by atoms with van der Waals surface area (Å²) < 4.78 is 65.2. The van der Waals surface area contributed by atoms with E-state index in [2.05, 4.69) is 63.5 Å². The van der Waals surface area contributed by atoms with Crippen LogP contribution in [0.3, 0.4) is 0 Å². The zero-order chi connectivity index (χ0) is 46.2. The van der Waals surface area contributed by atoms with Gasteiger partial charge in [0.15, 0.2) is 0 Å². The first-order valence-electron chi connectivity index (χ1n) is 25.1. The molecule has 6 aliphatic rings. The molecule has 2 unspecified atom stereocenters. The van der Waals surface area contributed by atoms with Gasteiger partial charge in [-0.05, 0) is 0 Å². The number of hydrogen-bond donors (Lipinski definition) is 0. The van der Waals surface area contributed by atoms with Gasteiger partial charge in [-0.2, -0.15) is 0 Å². The van der Waals surface area contributed by atoms with Gasteiger partial charge >= 0.3 is 411 Å². The average Bonchev–Trinajstić information content (AvgIpc) is 3.25. The minimum atomic E-state index is -4.54. The molecule has 0 amide bonds. The van der Waals surface area contributed by atoms with Crippen molar-refractivity contribution in [3.63, 3.8) is 0 Å². The van der Waals surface area contributed by atoms with Crippen molar-refractivity contribution in [1.82, 2.24) is 9.80 Å². The van der Waals surface area contributed by atoms with Crippen LogP contribution < -0.4 is 0 Å². The zero-order valence-corrected chi connectivity index (χ0v) is 50.4. The van der Waals surface area contributed by atoms with Crippen LogP contribution >= 0.6 is 0 Å². The topological polar surface area (TPSA) is 124 Å². The number of benzene rings is 2. The van der Waals surface area contributed by atoms with Crippen molar-refractivity contribution in [3.8, 4) is 0 Å². The molecule has 0 saturated carbocycles. The number of carbonyl (C=O) groups is 2. The molecule has 8 rings (SSSR count). The van der Waals surface area contributed by atoms with Gasteiger partial charge in [-0.15, -0.1) is 0 Å². The van der Waals surface area contributed by atoms with E-state index in [1.54, 1.807) is 0 Å². The van der Waals surface area contributed by atoms with E-state index in [0.29, 0.717) is 67.9 Å². The summed E-state index contributed by atoms with van der Waals surface area (Å²) in [6.45, 7) is 20.9. The van der Waals surface area contributed by atoms with Crippen LogP contribution in [-0.4, -0.2) is 168 Å². The van der Waals surface area contributed by atoms with Crippen molar-refractivity contribution >= 4 is 78.9 Å². The van der Waals surface area contributed by atoms with Crippen molar-refractivity contribution < 1.29 is 39.7 Å². The molecular formula is C48H80Ge2N2O11Sn2. The van der Waals surface area contributed by atoms with E-state index in [1.165, 1.54) is 0 Å². The Balaban J connectivity index is 1.40. The van der Waals surface area contributed by atoms with E-state index in [0.717, 1.165) is 113 Å². The molecule has 2 aromatic rings. The Labute approximate surface area is 407 Å². The number of rotatable bonds is 24. The Morgan fingerprint density at radius 3 is 1.09 bits per heavy atom. The van der Waals surface area contributed by atoms with Crippen LogP contribution in [0.25, 0.3) is 0 Å². The fraction of sp³-hybridized carbons (Fsp3) is 0.708. The summed E-state index contributed by atoms with van der Waals surface area (Å²) in [7, 11) is 0. The first-order chi connectivity index (χ1) is 31.5. The van der Waals surface area contributed by atoms with Gasteiger partial charge in [0.05, 0.1) is 0 Å². The molecular weight excluding hydrogens is 1160 g/mol. The van der Waals surface area contributed by atoms with E-state index in [1.807, 2.05) is 36.4 Å². The Morgan fingerprint density at radius 1 is 0.523 bits per heavy atom. The molecule has 2 atom stereocenters. The second-order valence-corrected chi connectivity index (χ2v) is 51.4. The van der Waals surface area contributed by atoms with Gasteiger partial charge in [0, 0.05) is 0 Å². The number of hydrogen-bond acceptors (Lipinski definition) is 13. The molecule has 6 saturated heterocycles. The summed E-state index contributed by atoms with van der Waals surface area (Å²) in [4.78, 5) is 35.7. The third-order valence-corrected chi connectivity index (χ3v) is 57.9. The first-order valence-corrected chi connectivity index (χ1v) is 45.9. The molecule has 65 heavy (non-hydrogen) atoms. The SMILES string of the molecule is CCC[CH2][Sn]([CH2]CCC)([O]C(=O)C([CH2][Ge]12[O]CCN(CC[O]1)CC[O]2)c1ccccc1C)[O][Sn]([CH2]CCC)([CH2]CCC)[O]C(=O)C([CH2][Ge]12[O]CCN(CC[O]1)CC[O]2)c1ccccc1C. The molecule has 6 aliphatic heterocycles. The van der Waals surface area contributed by atoms with E-state index < -0.39 is 78.8 Å². The first kappa shape index (κ1) is 54.0. The summed E-state index contributed by atoms with van der Waals surface area (Å²) in [5.41, 5.74) is 3.86. The molecule has 0 aliphatic carbocycles. The van der Waals surface area contributed by atoms with Gasteiger partial charge in [-0.3, -0.25) is 0 Å². The van der Waals surface area contributed by atoms with Crippen LogP contribution in [0.15, 0.2) is 48.5 Å². The van der Waals surface area contributed by atoms with Crippen molar-refractivity contribution in [2.45, 2.75) is 133 Å². The summed E-state index contributed by atoms with van der Waals surface area (Å²) in [5, 5.41) is 0.690. The van der Waals surface area contributed by atoms with Crippen molar-refractivity contribution in [1.29, 1.82) is 0 Å². The number of unbranched alkanes of at least 4 members (excludes halogenated alkanes) is 4. The number of nitrogens with zero attached hydrogens (tertiary/aromatic N) is 2. The van der Waals surface area contributed by atoms with Crippen LogP contribution in [0.2, 0.25) is 28.3 Å². The number of carbonyl (C=O) groups excluding carboxylic acids is 2. The molecule has 4 bridgehead atoms. The summed E-state index contributed by atoms with van der Waals surface area (Å²) in [6.07, 6.45) is 7.24. The molecule has 0 N–H and O–H groups in total. The van der Waals surface area contributed by atoms with Gasteiger partial charge in [-0.25, -0.2) is 0 Å². The van der Waals surface area contributed by atoms with Gasteiger partial charge in [0.2, 0.25) is 0 Å². The molecule has 13 nitrogen and oxygen atoms in total. The predicted molar refractivity (Wildman–Crippen MR) is 261 cm³/mol. The fourth-order valence-corrected chi connectivity index (χ4v) is 62.4. The second kappa shape index (κ2) is 26.8. The van der Waals surface area contributed by atoms with Gasteiger partial charge in [0.1, 0.15) is 0 Å². The molecule has 17 heteroatoms. The molecule has 2 aromatic carbocycles. The van der Waals surface area contributed by atoms with Crippen molar-refractivity contribution in [3.05, 3.63) is 70.8 Å². The average molecular weight is 1240 g/mol. The maximum absolute atomic E-state index is 15.5. The minimum absolute atomic E-state index is 0.273. The van der Waals surface area contributed by atoms with Crippen molar-refractivity contribution in [2.75, 3.05) is 78.9 Å². The predicted octanol–water partition coefficient (Wildman–Crippen LogP) is 8.99. The van der Waals surface area contributed by atoms with Gasteiger partial charge in [0.25, 0.3) is 0 Å². The number of fused-ring (bicyclic) bond motifs is 12. The summed E-state index contributed by atoms with van der Waals surface area (Å²) in [5.74, 6) is -1.85. The maximum atomic E-state index is 15.5. The quantitative estimate of drug-likeness (QED) is 0.0931. The van der Waals surface area contributed by atoms with E-state index in [4.69, 9.17) is 30.1 Å². The summed E-state index contributed by atoms with van der Waals surface area (Å²) >= 11 is -17.0. The molecule has 6 fully saturated rings. The molecule has 0 aromatic heterocycles.